The summed E-state index contributed by atoms with van der Waals surface area (Å²) < 4.78 is 7.82. The summed E-state index contributed by atoms with van der Waals surface area (Å²) in [7, 11) is 2.01. The van der Waals surface area contributed by atoms with Gasteiger partial charge in [0.25, 0.3) is 5.91 Å². The molecule has 1 fully saturated rings. The minimum absolute atomic E-state index is 0.0499. The highest BCUT2D eigenvalue weighted by Crippen LogP contribution is 2.29. The van der Waals surface area contributed by atoms with Crippen molar-refractivity contribution in [1.29, 1.82) is 0 Å². The zero-order chi connectivity index (χ0) is 16.7. The molecule has 24 heavy (non-hydrogen) atoms. The van der Waals surface area contributed by atoms with E-state index in [0.29, 0.717) is 23.6 Å². The summed E-state index contributed by atoms with van der Waals surface area (Å²) in [4.78, 5) is 19.5. The maximum Gasteiger partial charge on any atom is 0.257 e. The van der Waals surface area contributed by atoms with Crippen LogP contribution in [-0.4, -0.2) is 33.4 Å². The van der Waals surface area contributed by atoms with E-state index in [2.05, 4.69) is 9.55 Å². The number of carbonyl (C=O) groups excluding carboxylic acids is 1. The summed E-state index contributed by atoms with van der Waals surface area (Å²) in [6.07, 6.45) is 5.85. The van der Waals surface area contributed by atoms with Crippen molar-refractivity contribution < 1.29 is 9.21 Å². The standard InChI is InChI=1S/C19H21N3O2/c1-13-11-14-5-3-7-16(17(14)24-13)19(23)22-9-4-6-15(12-22)18-20-8-10-21(18)2/h3,5,7-8,10-11,15H,4,6,9,12H2,1-2H3/t15-/m0/s1. The third-order valence-electron chi connectivity index (χ3n) is 4.83. The Hall–Kier alpha value is -2.56. The molecule has 2 aromatic heterocycles. The summed E-state index contributed by atoms with van der Waals surface area (Å²) in [5.41, 5.74) is 1.35. The maximum absolute atomic E-state index is 13.1. The molecule has 1 aromatic carbocycles. The number of imidazole rings is 1. The molecule has 5 heteroatoms. The van der Waals surface area contributed by atoms with Crippen molar-refractivity contribution >= 4 is 16.9 Å². The highest BCUT2D eigenvalue weighted by molar-refractivity contribution is 6.05. The Balaban J connectivity index is 1.63. The van der Waals surface area contributed by atoms with Gasteiger partial charge in [0, 0.05) is 43.8 Å². The number of nitrogens with zero attached hydrogens (tertiary/aromatic N) is 3. The molecule has 124 valence electrons. The first kappa shape index (κ1) is 15.0. The Morgan fingerprint density at radius 2 is 2.25 bits per heavy atom. The third kappa shape index (κ3) is 2.50. The lowest BCUT2D eigenvalue weighted by molar-refractivity contribution is 0.0704. The molecule has 0 bridgehead atoms. The Labute approximate surface area is 140 Å². The molecule has 0 saturated carbocycles. The normalized spacial score (nSPS) is 18.2. The first-order valence-corrected chi connectivity index (χ1v) is 8.39. The Morgan fingerprint density at radius 1 is 1.38 bits per heavy atom. The number of para-hydroxylation sites is 1. The molecule has 5 nitrogen and oxygen atoms in total. The third-order valence-corrected chi connectivity index (χ3v) is 4.83. The predicted molar refractivity (Wildman–Crippen MR) is 92.0 cm³/mol. The lowest BCUT2D eigenvalue weighted by atomic mass is 9.96. The number of aryl methyl sites for hydroxylation is 2. The number of carbonyl (C=O) groups is 1. The fourth-order valence-corrected chi connectivity index (χ4v) is 3.67. The van der Waals surface area contributed by atoms with Crippen LogP contribution >= 0.6 is 0 Å². The molecular weight excluding hydrogens is 302 g/mol. The Kier molecular flexibility index (Phi) is 3.63. The fourth-order valence-electron chi connectivity index (χ4n) is 3.67. The largest absolute Gasteiger partial charge is 0.461 e. The SMILES string of the molecule is Cc1cc2cccc(C(=O)N3CCC[C@H](c4nccn4C)C3)c2o1. The number of likely N-dealkylation sites (tertiary alicyclic amines) is 1. The second-order valence-corrected chi connectivity index (χ2v) is 6.57. The molecule has 0 N–H and O–H groups in total. The van der Waals surface area contributed by atoms with Crippen LogP contribution in [0, 0.1) is 6.92 Å². The molecule has 1 saturated heterocycles. The summed E-state index contributed by atoms with van der Waals surface area (Å²) in [6.45, 7) is 3.40. The van der Waals surface area contributed by atoms with Crippen molar-refractivity contribution in [3.63, 3.8) is 0 Å². The maximum atomic E-state index is 13.1. The van der Waals surface area contributed by atoms with Gasteiger partial charge in [-0.2, -0.15) is 0 Å². The van der Waals surface area contributed by atoms with Crippen LogP contribution in [0.3, 0.4) is 0 Å². The minimum Gasteiger partial charge on any atom is -0.461 e. The number of furan rings is 1. The van der Waals surface area contributed by atoms with Crippen molar-refractivity contribution in [2.24, 2.45) is 7.05 Å². The molecule has 3 heterocycles. The van der Waals surface area contributed by atoms with Crippen LogP contribution in [-0.2, 0) is 7.05 Å². The summed E-state index contributed by atoms with van der Waals surface area (Å²) in [6, 6.07) is 7.73. The first-order chi connectivity index (χ1) is 11.6. The average molecular weight is 323 g/mol. The van der Waals surface area contributed by atoms with Crippen LogP contribution in [0.15, 0.2) is 41.1 Å². The monoisotopic (exact) mass is 323 g/mol. The van der Waals surface area contributed by atoms with Crippen LogP contribution in [0.5, 0.6) is 0 Å². The molecule has 3 aromatic rings. The fraction of sp³-hybridized carbons (Fsp3) is 0.368. The smallest absolute Gasteiger partial charge is 0.257 e. The van der Waals surface area contributed by atoms with E-state index in [4.69, 9.17) is 4.42 Å². The van der Waals surface area contributed by atoms with E-state index in [1.807, 2.05) is 55.5 Å². The molecule has 1 atom stereocenters. The molecule has 0 aliphatic carbocycles. The number of fused-ring (bicyclic) bond motifs is 1. The van der Waals surface area contributed by atoms with Gasteiger partial charge in [-0.1, -0.05) is 12.1 Å². The number of hydrogen-bond acceptors (Lipinski definition) is 3. The molecule has 1 amide bonds. The number of amides is 1. The van der Waals surface area contributed by atoms with Gasteiger partial charge in [-0.25, -0.2) is 4.98 Å². The molecular formula is C19H21N3O2. The summed E-state index contributed by atoms with van der Waals surface area (Å²) in [5, 5.41) is 0.982. The van der Waals surface area contributed by atoms with E-state index in [0.717, 1.165) is 36.4 Å². The van der Waals surface area contributed by atoms with Crippen molar-refractivity contribution in [3.8, 4) is 0 Å². The second-order valence-electron chi connectivity index (χ2n) is 6.57. The number of piperidine rings is 1. The molecule has 0 radical (unpaired) electrons. The van der Waals surface area contributed by atoms with Gasteiger partial charge < -0.3 is 13.9 Å². The van der Waals surface area contributed by atoms with Crippen LogP contribution in [0.4, 0.5) is 0 Å². The topological polar surface area (TPSA) is 51.3 Å². The van der Waals surface area contributed by atoms with Crippen LogP contribution < -0.4 is 0 Å². The van der Waals surface area contributed by atoms with E-state index in [9.17, 15) is 4.79 Å². The lowest BCUT2D eigenvalue weighted by Gasteiger charge is -2.32. The first-order valence-electron chi connectivity index (χ1n) is 8.39. The van der Waals surface area contributed by atoms with Gasteiger partial charge in [-0.3, -0.25) is 4.79 Å². The quantitative estimate of drug-likeness (QED) is 0.725. The van der Waals surface area contributed by atoms with E-state index in [1.54, 1.807) is 0 Å². The van der Waals surface area contributed by atoms with E-state index in [1.165, 1.54) is 0 Å². The number of rotatable bonds is 2. The number of benzene rings is 1. The van der Waals surface area contributed by atoms with Crippen LogP contribution in [0.1, 0.15) is 40.7 Å². The van der Waals surface area contributed by atoms with Crippen molar-refractivity contribution in [1.82, 2.24) is 14.5 Å². The van der Waals surface area contributed by atoms with Crippen molar-refractivity contribution in [2.45, 2.75) is 25.7 Å². The van der Waals surface area contributed by atoms with E-state index >= 15 is 0 Å². The molecule has 1 aliphatic rings. The van der Waals surface area contributed by atoms with Crippen molar-refractivity contribution in [3.05, 3.63) is 53.8 Å². The van der Waals surface area contributed by atoms with Crippen LogP contribution in [0.2, 0.25) is 0 Å². The van der Waals surface area contributed by atoms with Crippen molar-refractivity contribution in [2.75, 3.05) is 13.1 Å². The molecule has 0 unspecified atom stereocenters. The highest BCUT2D eigenvalue weighted by Gasteiger charge is 2.28. The molecule has 4 rings (SSSR count). The van der Waals surface area contributed by atoms with Gasteiger partial charge in [0.05, 0.1) is 5.56 Å². The molecule has 1 aliphatic heterocycles. The lowest BCUT2D eigenvalue weighted by Crippen LogP contribution is -2.39. The Morgan fingerprint density at radius 3 is 3.04 bits per heavy atom. The zero-order valence-corrected chi connectivity index (χ0v) is 14.0. The van der Waals surface area contributed by atoms with Gasteiger partial charge in [0.2, 0.25) is 0 Å². The van der Waals surface area contributed by atoms with E-state index in [-0.39, 0.29) is 5.91 Å². The van der Waals surface area contributed by atoms with E-state index < -0.39 is 0 Å². The van der Waals surface area contributed by atoms with Gasteiger partial charge >= 0.3 is 0 Å². The molecule has 0 spiro atoms. The number of hydrogen-bond donors (Lipinski definition) is 0. The predicted octanol–water partition coefficient (Wildman–Crippen LogP) is 3.49. The average Bonchev–Trinajstić information content (AvgIpc) is 3.18. The summed E-state index contributed by atoms with van der Waals surface area (Å²) in [5.74, 6) is 2.23. The van der Waals surface area contributed by atoms with Crippen LogP contribution in [0.25, 0.3) is 11.0 Å². The van der Waals surface area contributed by atoms with Gasteiger partial charge in [-0.15, -0.1) is 0 Å². The Bertz CT molecular complexity index is 893. The minimum atomic E-state index is 0.0499. The highest BCUT2D eigenvalue weighted by atomic mass is 16.3. The van der Waals surface area contributed by atoms with Gasteiger partial charge in [0.1, 0.15) is 17.2 Å². The zero-order valence-electron chi connectivity index (χ0n) is 14.0. The van der Waals surface area contributed by atoms with Gasteiger partial charge in [0.15, 0.2) is 0 Å². The summed E-state index contributed by atoms with van der Waals surface area (Å²) >= 11 is 0. The second kappa shape index (κ2) is 5.82. The van der Waals surface area contributed by atoms with Gasteiger partial charge in [-0.05, 0) is 31.9 Å². The number of aromatic nitrogens is 2.